The number of ketones is 1. The first-order valence-electron chi connectivity index (χ1n) is 8.99. The number of fused-ring (bicyclic) bond motifs is 5. The molecule has 26 heavy (non-hydrogen) atoms. The number of carbonyl (C=O) groups is 1. The Morgan fingerprint density at radius 3 is 2.62 bits per heavy atom. The number of allylic oxidation sites excluding steroid dienone is 3. The van der Waals surface area contributed by atoms with Crippen molar-refractivity contribution in [2.45, 2.75) is 58.5 Å². The van der Waals surface area contributed by atoms with Crippen LogP contribution < -0.4 is 57.3 Å². The van der Waals surface area contributed by atoms with E-state index in [1.54, 1.807) is 6.08 Å². The summed E-state index contributed by atoms with van der Waals surface area (Å²) < 4.78 is 0. The zero-order valence-corrected chi connectivity index (χ0v) is 22.1. The van der Waals surface area contributed by atoms with Gasteiger partial charge in [0.25, 0.3) is 0 Å². The number of aliphatic hydroxyl groups excluding tert-OH is 1. The minimum Gasteiger partial charge on any atom is -0.529 e. The number of rotatable bonds is 0. The molecule has 0 saturated heterocycles. The van der Waals surface area contributed by atoms with Crippen LogP contribution in [0.25, 0.3) is 5.90 Å². The molecule has 0 aromatic heterocycles. The Hall–Kier alpha value is 1.31. The molecule has 4 N–H and O–H groups in total. The molecule has 4 aliphatic carbocycles. The average molecular weight is 556 g/mol. The normalized spacial score (nSPS) is 42.7. The third kappa shape index (κ3) is 4.40. The molecule has 0 bridgehead atoms. The number of hydrogen-bond donors (Lipinski definition) is 2. The average Bonchev–Trinajstić information content (AvgIpc) is 2.92. The number of hydrogen-bond acceptors (Lipinski definition) is 4. The number of aliphatic hydroxyl groups is 1. The van der Waals surface area contributed by atoms with Crippen molar-refractivity contribution in [2.24, 2.45) is 34.5 Å². The molecule has 4 aliphatic rings. The van der Waals surface area contributed by atoms with Crippen LogP contribution in [0.5, 0.6) is 0 Å². The van der Waals surface area contributed by atoms with Crippen LogP contribution in [-0.2, 0) is 30.8 Å². The summed E-state index contributed by atoms with van der Waals surface area (Å²) in [6, 6.07) is 0. The second kappa shape index (κ2) is 9.88. The number of carbonyl (C=O) groups excluding carboxylic acids is 1. The summed E-state index contributed by atoms with van der Waals surface area (Å²) in [5, 5.41) is 10.7. The first kappa shape index (κ1) is 25.4. The van der Waals surface area contributed by atoms with E-state index in [1.165, 1.54) is 19.3 Å². The van der Waals surface area contributed by atoms with Crippen LogP contribution in [0.15, 0.2) is 23.8 Å². The Bertz CT molecular complexity index is 585. The van der Waals surface area contributed by atoms with Crippen molar-refractivity contribution in [3.63, 3.8) is 0 Å². The maximum absolute atomic E-state index is 11.8. The SMILES string of the molecule is C[C@@]12C=CCC1C1C[C@@H](O)C3=CC(=O)CC[C@]3(C)C1CC2.[K+].[NH-]ON.[W]. The summed E-state index contributed by atoms with van der Waals surface area (Å²) in [4.78, 5) is 14.8. The van der Waals surface area contributed by atoms with Crippen LogP contribution in [-0.4, -0.2) is 17.0 Å². The Morgan fingerprint density at radius 2 is 1.96 bits per heavy atom. The monoisotopic (exact) mass is 556 g/mol. The van der Waals surface area contributed by atoms with Gasteiger partial charge in [-0.25, -0.2) is 5.90 Å². The van der Waals surface area contributed by atoms with E-state index < -0.39 is 6.10 Å². The van der Waals surface area contributed by atoms with Crippen molar-refractivity contribution < 1.29 is 87.3 Å². The first-order valence-corrected chi connectivity index (χ1v) is 8.99. The summed E-state index contributed by atoms with van der Waals surface area (Å²) in [5.41, 5.74) is 1.46. The third-order valence-corrected chi connectivity index (χ3v) is 7.30. The van der Waals surface area contributed by atoms with E-state index in [0.29, 0.717) is 29.6 Å². The summed E-state index contributed by atoms with van der Waals surface area (Å²) >= 11 is 0. The van der Waals surface area contributed by atoms with Gasteiger partial charge in [-0.2, -0.15) is 0 Å². The zero-order chi connectivity index (χ0) is 17.5. The summed E-state index contributed by atoms with van der Waals surface area (Å²) in [5.74, 6) is 11.7. The van der Waals surface area contributed by atoms with Crippen molar-refractivity contribution in [1.29, 1.82) is 0 Å². The molecule has 2 saturated carbocycles. The van der Waals surface area contributed by atoms with Crippen LogP contribution in [0.1, 0.15) is 52.4 Å². The number of nitrogens with two attached hydrogens (primary N) is 1. The third-order valence-electron chi connectivity index (χ3n) is 7.30. The predicted molar refractivity (Wildman–Crippen MR) is 92.2 cm³/mol. The molecule has 2 fully saturated rings. The van der Waals surface area contributed by atoms with E-state index in [4.69, 9.17) is 5.90 Å². The van der Waals surface area contributed by atoms with Gasteiger partial charge >= 0.3 is 51.4 Å². The Kier molecular flexibility index (Phi) is 9.63. The topological polar surface area (TPSA) is 96.3 Å². The summed E-state index contributed by atoms with van der Waals surface area (Å²) in [7, 11) is 0. The van der Waals surface area contributed by atoms with Crippen LogP contribution >= 0.6 is 0 Å². The molecular weight excluding hydrogens is 527 g/mol. The van der Waals surface area contributed by atoms with E-state index >= 15 is 0 Å². The quantitative estimate of drug-likeness (QED) is 0.258. The van der Waals surface area contributed by atoms with Gasteiger partial charge in [-0.05, 0) is 72.3 Å². The maximum Gasteiger partial charge on any atom is 1.00 e. The van der Waals surface area contributed by atoms with Gasteiger partial charge in [0.15, 0.2) is 5.78 Å². The molecule has 4 rings (SSSR count). The van der Waals surface area contributed by atoms with Crippen molar-refractivity contribution in [3.8, 4) is 0 Å². The second-order valence-corrected chi connectivity index (χ2v) is 8.41. The van der Waals surface area contributed by atoms with E-state index in [1.807, 2.05) is 0 Å². The molecule has 140 valence electrons. The Morgan fingerprint density at radius 1 is 1.31 bits per heavy atom. The Balaban J connectivity index is 0.000000635. The van der Waals surface area contributed by atoms with E-state index in [-0.39, 0.29) is 83.6 Å². The maximum atomic E-state index is 11.8. The van der Waals surface area contributed by atoms with Crippen LogP contribution in [0.2, 0.25) is 0 Å². The van der Waals surface area contributed by atoms with Crippen molar-refractivity contribution in [3.05, 3.63) is 29.7 Å². The molecule has 0 aromatic carbocycles. The molecular formula is C19H29KN2O3W. The van der Waals surface area contributed by atoms with Gasteiger partial charge in [-0.15, -0.1) is 0 Å². The fourth-order valence-corrected chi connectivity index (χ4v) is 6.09. The largest absolute Gasteiger partial charge is 1.00 e. The van der Waals surface area contributed by atoms with Gasteiger partial charge in [0.1, 0.15) is 0 Å². The molecule has 0 aliphatic heterocycles. The molecule has 3 unspecified atom stereocenters. The summed E-state index contributed by atoms with van der Waals surface area (Å²) in [6.45, 7) is 4.72. The minimum atomic E-state index is -0.400. The number of nitrogens with one attached hydrogen (secondary N) is 1. The molecule has 6 atom stereocenters. The van der Waals surface area contributed by atoms with Gasteiger partial charge in [0.2, 0.25) is 0 Å². The zero-order valence-electron chi connectivity index (χ0n) is 16.0. The van der Waals surface area contributed by atoms with Crippen LogP contribution in [0.3, 0.4) is 0 Å². The Labute approximate surface area is 213 Å². The van der Waals surface area contributed by atoms with E-state index in [0.717, 1.165) is 18.4 Å². The minimum absolute atomic E-state index is 0. The molecule has 0 spiro atoms. The second-order valence-electron chi connectivity index (χ2n) is 8.41. The van der Waals surface area contributed by atoms with Gasteiger partial charge < -0.3 is 15.9 Å². The fraction of sp³-hybridized carbons (Fsp3) is 0.737. The molecule has 0 aromatic rings. The fourth-order valence-electron chi connectivity index (χ4n) is 6.09. The van der Waals surface area contributed by atoms with Crippen LogP contribution in [0.4, 0.5) is 0 Å². The van der Waals surface area contributed by atoms with Crippen LogP contribution in [0, 0.1) is 28.6 Å². The smallest absolute Gasteiger partial charge is 0.529 e. The molecule has 0 radical (unpaired) electrons. The molecule has 7 heteroatoms. The standard InChI is InChI=1S/C19H26O2.K.H3N2O.W/c1-18-7-3-4-14(18)13-11-17(21)16-10-12(20)5-9-19(16,2)15(13)6-8-18;;1-3-2;/h3,7,10,13-15,17,21H,4-6,8-9,11H2,1-2H3;;1H,2H2;/q;+1;-1;/t13?,14?,15?,17-,18+,19-;;;/m1.../s1. The molecule has 0 amide bonds. The van der Waals surface area contributed by atoms with E-state index in [2.05, 4.69) is 36.8 Å². The first-order chi connectivity index (χ1) is 11.4. The molecule has 5 nitrogen and oxygen atoms in total. The van der Waals surface area contributed by atoms with E-state index in [9.17, 15) is 9.90 Å². The molecule has 0 heterocycles. The van der Waals surface area contributed by atoms with Crippen molar-refractivity contribution in [1.82, 2.24) is 0 Å². The van der Waals surface area contributed by atoms with Gasteiger partial charge in [0, 0.05) is 27.5 Å². The van der Waals surface area contributed by atoms with Crippen molar-refractivity contribution >= 4 is 5.78 Å². The van der Waals surface area contributed by atoms with Gasteiger partial charge in [-0.1, -0.05) is 26.0 Å². The predicted octanol–water partition coefficient (Wildman–Crippen LogP) is 0.501. The van der Waals surface area contributed by atoms with Gasteiger partial charge in [0.05, 0.1) is 6.10 Å². The van der Waals surface area contributed by atoms with Crippen molar-refractivity contribution in [2.75, 3.05) is 0 Å². The van der Waals surface area contributed by atoms with Gasteiger partial charge in [-0.3, -0.25) is 4.79 Å². The summed E-state index contributed by atoms with van der Waals surface area (Å²) in [6.07, 6.45) is 12.3.